The Bertz CT molecular complexity index is 832. The quantitative estimate of drug-likeness (QED) is 0.889. The van der Waals surface area contributed by atoms with E-state index < -0.39 is 0 Å². The van der Waals surface area contributed by atoms with Crippen molar-refractivity contribution < 1.29 is 13.9 Å². The lowest BCUT2D eigenvalue weighted by molar-refractivity contribution is 0.0917. The van der Waals surface area contributed by atoms with Crippen molar-refractivity contribution in [3.05, 3.63) is 35.8 Å². The molecule has 0 saturated heterocycles. The first-order valence-electron chi connectivity index (χ1n) is 9.31. The van der Waals surface area contributed by atoms with E-state index in [1.54, 1.807) is 22.9 Å². The largest absolute Gasteiger partial charge is 0.497 e. The summed E-state index contributed by atoms with van der Waals surface area (Å²) in [5, 5.41) is 7.55. The maximum absolute atomic E-state index is 14.5. The highest BCUT2D eigenvalue weighted by Crippen LogP contribution is 2.44. The number of carbonyl (C=O) groups is 1. The van der Waals surface area contributed by atoms with Crippen molar-refractivity contribution in [3.8, 4) is 17.0 Å². The van der Waals surface area contributed by atoms with Gasteiger partial charge in [0.2, 0.25) is 0 Å². The van der Waals surface area contributed by atoms with E-state index in [-0.39, 0.29) is 17.8 Å². The average Bonchev–Trinajstić information content (AvgIpc) is 3.36. The first-order valence-corrected chi connectivity index (χ1v) is 9.31. The lowest BCUT2D eigenvalue weighted by Gasteiger charge is -2.22. The zero-order valence-electron chi connectivity index (χ0n) is 15.2. The van der Waals surface area contributed by atoms with Gasteiger partial charge in [0.15, 0.2) is 5.69 Å². The van der Waals surface area contributed by atoms with Crippen molar-refractivity contribution in [2.45, 2.75) is 45.2 Å². The van der Waals surface area contributed by atoms with Gasteiger partial charge in [-0.25, -0.2) is 4.39 Å². The molecule has 2 fully saturated rings. The second kappa shape index (κ2) is 6.74. The molecule has 138 valence electrons. The minimum Gasteiger partial charge on any atom is -0.497 e. The molecule has 6 heteroatoms. The summed E-state index contributed by atoms with van der Waals surface area (Å²) in [6.07, 6.45) is 4.81. The van der Waals surface area contributed by atoms with Gasteiger partial charge in [-0.1, -0.05) is 6.42 Å². The van der Waals surface area contributed by atoms with Gasteiger partial charge in [-0.2, -0.15) is 5.10 Å². The molecule has 1 aromatic carbocycles. The molecule has 0 spiro atoms. The molecule has 1 amide bonds. The number of nitrogens with one attached hydrogen (secondary N) is 1. The summed E-state index contributed by atoms with van der Waals surface area (Å²) in [5.41, 5.74) is 1.37. The molecule has 26 heavy (non-hydrogen) atoms. The maximum Gasteiger partial charge on any atom is 0.272 e. The van der Waals surface area contributed by atoms with Crippen LogP contribution in [-0.4, -0.2) is 28.8 Å². The van der Waals surface area contributed by atoms with Gasteiger partial charge in [0.1, 0.15) is 11.6 Å². The smallest absolute Gasteiger partial charge is 0.272 e. The number of nitrogens with zero attached hydrogens (tertiary/aromatic N) is 2. The third-order valence-corrected chi connectivity index (χ3v) is 5.82. The number of benzene rings is 1. The average molecular weight is 357 g/mol. The van der Waals surface area contributed by atoms with E-state index in [2.05, 4.69) is 10.4 Å². The number of hydrogen-bond donors (Lipinski definition) is 1. The number of ether oxygens (including phenoxy) is 1. The van der Waals surface area contributed by atoms with Gasteiger partial charge in [-0.3, -0.25) is 9.48 Å². The maximum atomic E-state index is 14.5. The third-order valence-electron chi connectivity index (χ3n) is 5.82. The van der Waals surface area contributed by atoms with Crippen LogP contribution in [0.3, 0.4) is 0 Å². The number of aromatic nitrogens is 2. The number of fused-ring (bicyclic) bond motifs is 2. The zero-order chi connectivity index (χ0) is 18.3. The van der Waals surface area contributed by atoms with Crippen LogP contribution < -0.4 is 10.1 Å². The molecular weight excluding hydrogens is 333 g/mol. The molecule has 2 saturated carbocycles. The van der Waals surface area contributed by atoms with E-state index in [1.165, 1.54) is 32.4 Å². The molecule has 0 aliphatic heterocycles. The van der Waals surface area contributed by atoms with Crippen LogP contribution in [0.4, 0.5) is 4.39 Å². The topological polar surface area (TPSA) is 56.2 Å². The van der Waals surface area contributed by atoms with E-state index in [0.29, 0.717) is 35.2 Å². The minimum absolute atomic E-state index is 0.162. The Balaban J connectivity index is 1.58. The van der Waals surface area contributed by atoms with Crippen LogP contribution >= 0.6 is 0 Å². The molecular formula is C20H24FN3O2. The lowest BCUT2D eigenvalue weighted by atomic mass is 9.95. The van der Waals surface area contributed by atoms with Crippen LogP contribution in [0.2, 0.25) is 0 Å². The van der Waals surface area contributed by atoms with E-state index in [4.69, 9.17) is 4.74 Å². The second-order valence-corrected chi connectivity index (χ2v) is 7.33. The molecule has 2 aliphatic carbocycles. The van der Waals surface area contributed by atoms with Gasteiger partial charge >= 0.3 is 0 Å². The number of methoxy groups -OCH3 is 1. The Morgan fingerprint density at radius 3 is 2.81 bits per heavy atom. The molecule has 2 bridgehead atoms. The van der Waals surface area contributed by atoms with Crippen LogP contribution in [0.15, 0.2) is 24.3 Å². The highest BCUT2D eigenvalue weighted by Gasteiger charge is 2.40. The van der Waals surface area contributed by atoms with Gasteiger partial charge in [-0.05, 0) is 56.2 Å². The summed E-state index contributed by atoms with van der Waals surface area (Å²) < 4.78 is 21.2. The molecule has 0 radical (unpaired) electrons. The molecule has 1 aromatic heterocycles. The number of halogens is 1. The summed E-state index contributed by atoms with van der Waals surface area (Å²) in [4.78, 5) is 12.7. The number of hydrogen-bond acceptors (Lipinski definition) is 3. The molecule has 2 aromatic rings. The fourth-order valence-electron chi connectivity index (χ4n) is 4.48. The van der Waals surface area contributed by atoms with Crippen molar-refractivity contribution in [1.29, 1.82) is 0 Å². The van der Waals surface area contributed by atoms with E-state index in [0.717, 1.165) is 12.3 Å². The van der Waals surface area contributed by atoms with Crippen LogP contribution in [0.1, 0.15) is 43.1 Å². The van der Waals surface area contributed by atoms with Gasteiger partial charge in [0, 0.05) is 24.2 Å². The van der Waals surface area contributed by atoms with Gasteiger partial charge in [0.25, 0.3) is 5.91 Å². The summed E-state index contributed by atoms with van der Waals surface area (Å²) >= 11 is 0. The van der Waals surface area contributed by atoms with Crippen LogP contribution in [0, 0.1) is 17.7 Å². The fourth-order valence-corrected chi connectivity index (χ4v) is 4.48. The lowest BCUT2D eigenvalue weighted by Crippen LogP contribution is -2.38. The van der Waals surface area contributed by atoms with Gasteiger partial charge < -0.3 is 10.1 Å². The van der Waals surface area contributed by atoms with Gasteiger partial charge in [0.05, 0.1) is 12.8 Å². The molecule has 3 atom stereocenters. The summed E-state index contributed by atoms with van der Waals surface area (Å²) in [5.74, 6) is 1.28. The van der Waals surface area contributed by atoms with Crippen molar-refractivity contribution >= 4 is 5.91 Å². The van der Waals surface area contributed by atoms with Gasteiger partial charge in [-0.15, -0.1) is 0 Å². The van der Waals surface area contributed by atoms with E-state index >= 15 is 0 Å². The SMILES string of the molecule is CCn1nc(C(=O)NC2CC3CCC2C3)cc1-c1ccc(OC)cc1F. The fraction of sp³-hybridized carbons (Fsp3) is 0.500. The van der Waals surface area contributed by atoms with Crippen molar-refractivity contribution in [2.24, 2.45) is 11.8 Å². The highest BCUT2D eigenvalue weighted by atomic mass is 19.1. The molecule has 4 rings (SSSR count). The predicted octanol–water partition coefficient (Wildman–Crippen LogP) is 3.64. The Labute approximate surface area is 152 Å². The van der Waals surface area contributed by atoms with E-state index in [1.807, 2.05) is 6.92 Å². The predicted molar refractivity (Wildman–Crippen MR) is 96.5 cm³/mol. The highest BCUT2D eigenvalue weighted by molar-refractivity contribution is 5.93. The van der Waals surface area contributed by atoms with Crippen LogP contribution in [0.5, 0.6) is 5.75 Å². The Hall–Kier alpha value is -2.37. The van der Waals surface area contributed by atoms with Crippen molar-refractivity contribution in [2.75, 3.05) is 7.11 Å². The Kier molecular flexibility index (Phi) is 4.42. The number of carbonyl (C=O) groups excluding carboxylic acids is 1. The molecule has 3 unspecified atom stereocenters. The Morgan fingerprint density at radius 2 is 2.19 bits per heavy atom. The summed E-state index contributed by atoms with van der Waals surface area (Å²) in [6, 6.07) is 6.65. The van der Waals surface area contributed by atoms with E-state index in [9.17, 15) is 9.18 Å². The molecule has 2 aliphatic rings. The zero-order valence-corrected chi connectivity index (χ0v) is 15.2. The number of amides is 1. The third kappa shape index (κ3) is 2.97. The second-order valence-electron chi connectivity index (χ2n) is 7.33. The summed E-state index contributed by atoms with van der Waals surface area (Å²) in [6.45, 7) is 2.48. The minimum atomic E-state index is -0.390. The standard InChI is InChI=1S/C20H24FN3O2/c1-3-24-19(15-7-6-14(26-2)10-16(15)21)11-18(23-24)20(25)22-17-9-12-4-5-13(17)8-12/h6-7,10-13,17H,3-5,8-9H2,1-2H3,(H,22,25). The Morgan fingerprint density at radius 1 is 1.35 bits per heavy atom. The first kappa shape index (κ1) is 17.1. The number of rotatable bonds is 5. The monoisotopic (exact) mass is 357 g/mol. The van der Waals surface area contributed by atoms with Crippen LogP contribution in [0.25, 0.3) is 11.3 Å². The normalized spacial score (nSPS) is 24.0. The van der Waals surface area contributed by atoms with Crippen LogP contribution in [-0.2, 0) is 6.54 Å². The molecule has 5 nitrogen and oxygen atoms in total. The summed E-state index contributed by atoms with van der Waals surface area (Å²) in [7, 11) is 1.50. The van der Waals surface area contributed by atoms with Crippen molar-refractivity contribution in [1.82, 2.24) is 15.1 Å². The van der Waals surface area contributed by atoms with Crippen molar-refractivity contribution in [3.63, 3.8) is 0 Å². The number of aryl methyl sites for hydroxylation is 1. The molecule has 1 heterocycles. The first-order chi connectivity index (χ1) is 12.6. The molecule has 1 N–H and O–H groups in total.